The first-order valence-electron chi connectivity index (χ1n) is 5.10. The van der Waals surface area contributed by atoms with E-state index in [4.69, 9.17) is 38.8 Å². The summed E-state index contributed by atoms with van der Waals surface area (Å²) in [5, 5.41) is 9.58. The van der Waals surface area contributed by atoms with Crippen molar-refractivity contribution in [3.63, 3.8) is 0 Å². The van der Waals surface area contributed by atoms with E-state index in [1.807, 2.05) is 0 Å². The van der Waals surface area contributed by atoms with Crippen LogP contribution in [-0.2, 0) is 0 Å². The van der Waals surface area contributed by atoms with Gasteiger partial charge in [0.05, 0.1) is 10.7 Å². The lowest BCUT2D eigenvalue weighted by Crippen LogP contribution is -2.03. The Balaban J connectivity index is 2.37. The van der Waals surface area contributed by atoms with Crippen LogP contribution < -0.4 is 10.5 Å². The number of aromatic carboxylic acids is 1. The summed E-state index contributed by atoms with van der Waals surface area (Å²) in [5.41, 5.74) is 5.70. The van der Waals surface area contributed by atoms with Crippen molar-refractivity contribution in [3.05, 3.63) is 46.1 Å². The Morgan fingerprint density at radius 2 is 2.00 bits per heavy atom. The van der Waals surface area contributed by atoms with Crippen molar-refractivity contribution in [1.82, 2.24) is 4.98 Å². The first-order valence-corrected chi connectivity index (χ1v) is 5.85. The summed E-state index contributed by atoms with van der Waals surface area (Å²) >= 11 is 11.7. The first kappa shape index (κ1) is 13.5. The maximum absolute atomic E-state index is 10.8. The summed E-state index contributed by atoms with van der Waals surface area (Å²) in [6.07, 6.45) is 0. The van der Waals surface area contributed by atoms with Gasteiger partial charge in [-0.15, -0.1) is 0 Å². The van der Waals surface area contributed by atoms with Crippen LogP contribution >= 0.6 is 23.2 Å². The van der Waals surface area contributed by atoms with Crippen molar-refractivity contribution in [3.8, 4) is 11.6 Å². The second-order valence-electron chi connectivity index (χ2n) is 3.57. The molecule has 0 aliphatic rings. The molecule has 0 saturated heterocycles. The van der Waals surface area contributed by atoms with E-state index in [-0.39, 0.29) is 28.0 Å². The number of hydrogen-bond donors (Lipinski definition) is 2. The van der Waals surface area contributed by atoms with Crippen LogP contribution in [0.5, 0.6) is 11.6 Å². The molecule has 19 heavy (non-hydrogen) atoms. The number of pyridine rings is 1. The largest absolute Gasteiger partial charge is 0.477 e. The van der Waals surface area contributed by atoms with Crippen molar-refractivity contribution in [2.75, 3.05) is 5.73 Å². The van der Waals surface area contributed by atoms with Gasteiger partial charge in [0.15, 0.2) is 5.69 Å². The number of carboxylic acids is 1. The molecule has 0 fully saturated rings. The number of aromatic nitrogens is 1. The number of carboxylic acid groups (broad SMARTS) is 1. The monoisotopic (exact) mass is 298 g/mol. The zero-order valence-corrected chi connectivity index (χ0v) is 10.9. The average Bonchev–Trinajstić information content (AvgIpc) is 2.34. The molecule has 0 aliphatic heterocycles. The molecule has 1 aromatic carbocycles. The lowest BCUT2D eigenvalue weighted by atomic mass is 10.3. The van der Waals surface area contributed by atoms with Crippen LogP contribution in [0.2, 0.25) is 10.0 Å². The van der Waals surface area contributed by atoms with Gasteiger partial charge in [-0.1, -0.05) is 23.2 Å². The molecule has 5 nitrogen and oxygen atoms in total. The highest BCUT2D eigenvalue weighted by Crippen LogP contribution is 2.33. The maximum atomic E-state index is 10.8. The van der Waals surface area contributed by atoms with Gasteiger partial charge in [0, 0.05) is 5.02 Å². The molecule has 0 aliphatic carbocycles. The summed E-state index contributed by atoms with van der Waals surface area (Å²) in [7, 11) is 0. The van der Waals surface area contributed by atoms with Crippen LogP contribution in [0.3, 0.4) is 0 Å². The van der Waals surface area contributed by atoms with Gasteiger partial charge in [-0.05, 0) is 30.3 Å². The van der Waals surface area contributed by atoms with Crippen molar-refractivity contribution >= 4 is 34.9 Å². The third-order valence-electron chi connectivity index (χ3n) is 2.21. The minimum Gasteiger partial charge on any atom is -0.477 e. The molecule has 0 bridgehead atoms. The second-order valence-corrected chi connectivity index (χ2v) is 4.42. The smallest absolute Gasteiger partial charge is 0.354 e. The number of hydrogen-bond acceptors (Lipinski definition) is 4. The van der Waals surface area contributed by atoms with E-state index in [0.29, 0.717) is 5.02 Å². The van der Waals surface area contributed by atoms with E-state index in [1.54, 1.807) is 12.1 Å². The molecule has 3 N–H and O–H groups in total. The van der Waals surface area contributed by atoms with Gasteiger partial charge in [-0.25, -0.2) is 9.78 Å². The molecule has 0 atom stereocenters. The van der Waals surface area contributed by atoms with E-state index in [0.717, 1.165) is 0 Å². The lowest BCUT2D eigenvalue weighted by Gasteiger charge is -2.09. The Bertz CT molecular complexity index is 647. The van der Waals surface area contributed by atoms with Crippen LogP contribution in [0.15, 0.2) is 30.3 Å². The highest BCUT2D eigenvalue weighted by atomic mass is 35.5. The Morgan fingerprint density at radius 3 is 2.63 bits per heavy atom. The summed E-state index contributed by atoms with van der Waals surface area (Å²) in [4.78, 5) is 14.6. The Labute approximate surface area is 118 Å². The SMILES string of the molecule is Nc1ccc(C(=O)O)nc1Oc1ccc(Cl)cc1Cl. The van der Waals surface area contributed by atoms with Gasteiger partial charge in [0.1, 0.15) is 5.75 Å². The highest BCUT2D eigenvalue weighted by molar-refractivity contribution is 6.35. The number of nitrogens with two attached hydrogens (primary N) is 1. The van der Waals surface area contributed by atoms with Gasteiger partial charge < -0.3 is 15.6 Å². The van der Waals surface area contributed by atoms with Gasteiger partial charge in [0.25, 0.3) is 0 Å². The minimum absolute atomic E-state index is 0.0240. The molecule has 98 valence electrons. The number of halogens is 2. The van der Waals surface area contributed by atoms with Crippen molar-refractivity contribution in [2.24, 2.45) is 0 Å². The predicted molar refractivity (Wildman–Crippen MR) is 72.1 cm³/mol. The van der Waals surface area contributed by atoms with Gasteiger partial charge in [-0.3, -0.25) is 0 Å². The van der Waals surface area contributed by atoms with Crippen molar-refractivity contribution < 1.29 is 14.6 Å². The van der Waals surface area contributed by atoms with Gasteiger partial charge >= 0.3 is 5.97 Å². The fraction of sp³-hybridized carbons (Fsp3) is 0. The molecule has 0 amide bonds. The second kappa shape index (κ2) is 5.34. The number of ether oxygens (including phenoxy) is 1. The van der Waals surface area contributed by atoms with Crippen LogP contribution in [0.4, 0.5) is 5.69 Å². The number of nitrogen functional groups attached to an aromatic ring is 1. The van der Waals surface area contributed by atoms with E-state index in [2.05, 4.69) is 4.98 Å². The fourth-order valence-corrected chi connectivity index (χ4v) is 1.76. The molecule has 2 rings (SSSR count). The molecule has 1 heterocycles. The number of carbonyl (C=O) groups is 1. The van der Waals surface area contributed by atoms with Crippen LogP contribution in [0, 0.1) is 0 Å². The average molecular weight is 299 g/mol. The third kappa shape index (κ3) is 3.07. The summed E-state index contributed by atoms with van der Waals surface area (Å²) in [5.74, 6) is -0.913. The molecule has 0 radical (unpaired) electrons. The number of nitrogens with zero attached hydrogens (tertiary/aromatic N) is 1. The highest BCUT2D eigenvalue weighted by Gasteiger charge is 2.12. The maximum Gasteiger partial charge on any atom is 0.354 e. The first-order chi connectivity index (χ1) is 8.97. The predicted octanol–water partition coefficient (Wildman–Crippen LogP) is 3.46. The Kier molecular flexibility index (Phi) is 3.78. The number of rotatable bonds is 3. The number of anilines is 1. The van der Waals surface area contributed by atoms with Crippen molar-refractivity contribution in [2.45, 2.75) is 0 Å². The third-order valence-corrected chi connectivity index (χ3v) is 2.74. The molecule has 2 aromatic rings. The van der Waals surface area contributed by atoms with Crippen molar-refractivity contribution in [1.29, 1.82) is 0 Å². The molecular formula is C12H8Cl2N2O3. The van der Waals surface area contributed by atoms with E-state index < -0.39 is 5.97 Å². The normalized spacial score (nSPS) is 10.2. The van der Waals surface area contributed by atoms with E-state index in [1.165, 1.54) is 18.2 Å². The summed E-state index contributed by atoms with van der Waals surface area (Å²) < 4.78 is 5.40. The quantitative estimate of drug-likeness (QED) is 0.906. The zero-order chi connectivity index (χ0) is 14.0. The van der Waals surface area contributed by atoms with E-state index >= 15 is 0 Å². The molecule has 0 saturated carbocycles. The standard InChI is InChI=1S/C12H8Cl2N2O3/c13-6-1-4-10(7(14)5-6)19-11-8(15)2-3-9(16-11)12(17)18/h1-5H,15H2,(H,17,18). The Hall–Kier alpha value is -1.98. The van der Waals surface area contributed by atoms with Crippen LogP contribution in [0.25, 0.3) is 0 Å². The Morgan fingerprint density at radius 1 is 1.26 bits per heavy atom. The molecule has 0 unspecified atom stereocenters. The molecular weight excluding hydrogens is 291 g/mol. The van der Waals surface area contributed by atoms with Crippen LogP contribution in [-0.4, -0.2) is 16.1 Å². The van der Waals surface area contributed by atoms with Gasteiger partial charge in [0.2, 0.25) is 5.88 Å². The zero-order valence-electron chi connectivity index (χ0n) is 9.43. The van der Waals surface area contributed by atoms with Gasteiger partial charge in [-0.2, -0.15) is 0 Å². The topological polar surface area (TPSA) is 85.4 Å². The molecule has 1 aromatic heterocycles. The van der Waals surface area contributed by atoms with Crippen LogP contribution in [0.1, 0.15) is 10.5 Å². The number of benzene rings is 1. The summed E-state index contributed by atoms with van der Waals surface area (Å²) in [6.45, 7) is 0. The fourth-order valence-electron chi connectivity index (χ4n) is 1.31. The summed E-state index contributed by atoms with van der Waals surface area (Å²) in [6, 6.07) is 7.30. The molecule has 7 heteroatoms. The lowest BCUT2D eigenvalue weighted by molar-refractivity contribution is 0.0689. The van der Waals surface area contributed by atoms with E-state index in [9.17, 15) is 4.79 Å². The minimum atomic E-state index is -1.17. The molecule has 0 spiro atoms.